The van der Waals surface area contributed by atoms with Gasteiger partial charge in [-0.3, -0.25) is 0 Å². The summed E-state index contributed by atoms with van der Waals surface area (Å²) in [5.41, 5.74) is -3.64. The summed E-state index contributed by atoms with van der Waals surface area (Å²) < 4.78 is 76.3. The van der Waals surface area contributed by atoms with E-state index in [1.54, 1.807) is 0 Å². The van der Waals surface area contributed by atoms with E-state index in [0.717, 1.165) is 16.9 Å². The zero-order chi connectivity index (χ0) is 16.6. The van der Waals surface area contributed by atoms with Crippen LogP contribution in [0, 0.1) is 12.7 Å². The van der Waals surface area contributed by atoms with Crippen LogP contribution in [0.3, 0.4) is 0 Å². The van der Waals surface area contributed by atoms with Crippen LogP contribution in [0.15, 0.2) is 23.1 Å². The lowest BCUT2D eigenvalue weighted by Crippen LogP contribution is -2.61. The van der Waals surface area contributed by atoms with Gasteiger partial charge < -0.3 is 5.11 Å². The Kier molecular flexibility index (Phi) is 4.35. The van der Waals surface area contributed by atoms with Gasteiger partial charge >= 0.3 is 12.1 Å². The van der Waals surface area contributed by atoms with E-state index in [1.807, 2.05) is 0 Å². The number of benzene rings is 1. The van der Waals surface area contributed by atoms with Gasteiger partial charge in [-0.15, -0.1) is 0 Å². The van der Waals surface area contributed by atoms with Crippen LogP contribution in [0.1, 0.15) is 12.5 Å². The summed E-state index contributed by atoms with van der Waals surface area (Å²) in [6, 6.07) is 2.44. The highest BCUT2D eigenvalue weighted by Crippen LogP contribution is 2.32. The minimum absolute atomic E-state index is 0.0887. The number of carboxylic acid groups (broad SMARTS) is 1. The molecule has 1 unspecified atom stereocenters. The van der Waals surface area contributed by atoms with Crippen molar-refractivity contribution in [2.24, 2.45) is 0 Å². The second-order valence-corrected chi connectivity index (χ2v) is 6.13. The largest absolute Gasteiger partial charge is 0.480 e. The van der Waals surface area contributed by atoms with Crippen molar-refractivity contribution in [3.63, 3.8) is 0 Å². The molecule has 0 aliphatic heterocycles. The number of carboxylic acids is 1. The maximum atomic E-state index is 13.3. The molecular weight excluding hydrogens is 318 g/mol. The van der Waals surface area contributed by atoms with Gasteiger partial charge in [0, 0.05) is 0 Å². The molecule has 0 saturated heterocycles. The molecule has 0 aliphatic carbocycles. The zero-order valence-electron chi connectivity index (χ0n) is 10.8. The number of hydrogen-bond acceptors (Lipinski definition) is 3. The predicted molar refractivity (Wildman–Crippen MR) is 63.6 cm³/mol. The lowest BCUT2D eigenvalue weighted by Gasteiger charge is -2.28. The predicted octanol–water partition coefficient (Wildman–Crippen LogP) is 1.82. The van der Waals surface area contributed by atoms with Crippen molar-refractivity contribution in [3.05, 3.63) is 29.6 Å². The minimum Gasteiger partial charge on any atom is -0.480 e. The summed E-state index contributed by atoms with van der Waals surface area (Å²) in [5, 5.41) is 8.66. The molecule has 1 rings (SSSR count). The third-order valence-corrected chi connectivity index (χ3v) is 4.34. The number of rotatable bonds is 4. The number of aliphatic carboxylic acids is 1. The van der Waals surface area contributed by atoms with Crippen LogP contribution in [-0.2, 0) is 14.8 Å². The first-order chi connectivity index (χ1) is 9.31. The third-order valence-electron chi connectivity index (χ3n) is 2.79. The molecule has 0 bridgehead atoms. The molecule has 0 fully saturated rings. The summed E-state index contributed by atoms with van der Waals surface area (Å²) in [5.74, 6) is -3.37. The van der Waals surface area contributed by atoms with Crippen LogP contribution in [-0.4, -0.2) is 31.2 Å². The summed E-state index contributed by atoms with van der Waals surface area (Å²) in [6.45, 7) is 1.49. The van der Waals surface area contributed by atoms with Crippen LogP contribution in [0.4, 0.5) is 17.6 Å². The molecule has 21 heavy (non-hydrogen) atoms. The van der Waals surface area contributed by atoms with Gasteiger partial charge in [-0.1, -0.05) is 6.07 Å². The van der Waals surface area contributed by atoms with Crippen molar-refractivity contribution in [1.29, 1.82) is 0 Å². The van der Waals surface area contributed by atoms with E-state index >= 15 is 0 Å². The van der Waals surface area contributed by atoms with E-state index in [2.05, 4.69) is 0 Å². The fourth-order valence-electron chi connectivity index (χ4n) is 1.29. The van der Waals surface area contributed by atoms with Gasteiger partial charge in [0.15, 0.2) is 0 Å². The Morgan fingerprint density at radius 1 is 1.29 bits per heavy atom. The lowest BCUT2D eigenvalue weighted by molar-refractivity contribution is -0.201. The fraction of sp³-hybridized carbons (Fsp3) is 0.364. The molecule has 1 aromatic rings. The molecule has 1 aromatic carbocycles. The Labute approximate surface area is 117 Å². The standard InChI is InChI=1S/C11H11F4NO4S/c1-6-3-4-7(5-8(6)12)21(19,20)16-10(2,9(17)18)11(13,14)15/h3-5,16H,1-2H3,(H,17,18). The molecular formula is C11H11F4NO4S. The number of carbonyl (C=O) groups is 1. The number of alkyl halides is 3. The van der Waals surface area contributed by atoms with Gasteiger partial charge in [-0.25, -0.2) is 17.6 Å². The smallest absolute Gasteiger partial charge is 0.418 e. The highest BCUT2D eigenvalue weighted by Gasteiger charge is 2.59. The number of nitrogens with one attached hydrogen (secondary N) is 1. The van der Waals surface area contributed by atoms with Crippen molar-refractivity contribution in [1.82, 2.24) is 4.72 Å². The number of hydrogen-bond donors (Lipinski definition) is 2. The van der Waals surface area contributed by atoms with Crippen LogP contribution in [0.25, 0.3) is 0 Å². The van der Waals surface area contributed by atoms with Crippen molar-refractivity contribution < 1.29 is 35.9 Å². The Balaban J connectivity index is 3.31. The fourth-order valence-corrected chi connectivity index (χ4v) is 2.66. The van der Waals surface area contributed by atoms with E-state index in [1.165, 1.54) is 6.92 Å². The van der Waals surface area contributed by atoms with Crippen molar-refractivity contribution >= 4 is 16.0 Å². The maximum Gasteiger partial charge on any atom is 0.418 e. The summed E-state index contributed by atoms with van der Waals surface area (Å²) >= 11 is 0. The molecule has 2 N–H and O–H groups in total. The molecule has 10 heteroatoms. The van der Waals surface area contributed by atoms with Crippen molar-refractivity contribution in [3.8, 4) is 0 Å². The van der Waals surface area contributed by atoms with E-state index < -0.39 is 38.4 Å². The molecule has 0 saturated carbocycles. The van der Waals surface area contributed by atoms with Gasteiger partial charge in [0.05, 0.1) is 4.90 Å². The van der Waals surface area contributed by atoms with Crippen LogP contribution in [0.2, 0.25) is 0 Å². The van der Waals surface area contributed by atoms with E-state index in [-0.39, 0.29) is 12.5 Å². The normalized spacial score (nSPS) is 15.5. The average Bonchev–Trinajstić information content (AvgIpc) is 2.30. The molecule has 118 valence electrons. The van der Waals surface area contributed by atoms with Crippen molar-refractivity contribution in [2.45, 2.75) is 30.5 Å². The second kappa shape index (κ2) is 5.26. The summed E-state index contributed by atoms with van der Waals surface area (Å²) in [6.07, 6.45) is -5.38. The number of halogens is 4. The number of aryl methyl sites for hydroxylation is 1. The molecule has 0 aliphatic rings. The highest BCUT2D eigenvalue weighted by atomic mass is 32.2. The Hall–Kier alpha value is -1.68. The first kappa shape index (κ1) is 17.4. The molecule has 0 amide bonds. The highest BCUT2D eigenvalue weighted by molar-refractivity contribution is 7.89. The number of sulfonamides is 1. The molecule has 1 atom stereocenters. The van der Waals surface area contributed by atoms with Gasteiger partial charge in [0.2, 0.25) is 15.6 Å². The van der Waals surface area contributed by atoms with Gasteiger partial charge in [-0.05, 0) is 31.5 Å². The van der Waals surface area contributed by atoms with E-state index in [9.17, 15) is 30.8 Å². The summed E-state index contributed by atoms with van der Waals surface area (Å²) in [4.78, 5) is 9.97. The lowest BCUT2D eigenvalue weighted by atomic mass is 10.0. The van der Waals surface area contributed by atoms with Crippen molar-refractivity contribution in [2.75, 3.05) is 0 Å². The Morgan fingerprint density at radius 3 is 2.19 bits per heavy atom. The minimum atomic E-state index is -5.38. The van der Waals surface area contributed by atoms with Crippen LogP contribution < -0.4 is 4.72 Å². The molecule has 0 aromatic heterocycles. The summed E-state index contributed by atoms with van der Waals surface area (Å²) in [7, 11) is -4.88. The molecule has 0 spiro atoms. The van der Waals surface area contributed by atoms with Gasteiger partial charge in [-0.2, -0.15) is 17.9 Å². The second-order valence-electron chi connectivity index (χ2n) is 4.44. The quantitative estimate of drug-likeness (QED) is 0.826. The third kappa shape index (κ3) is 3.32. The zero-order valence-corrected chi connectivity index (χ0v) is 11.6. The van der Waals surface area contributed by atoms with E-state index in [0.29, 0.717) is 6.07 Å². The maximum absolute atomic E-state index is 13.3. The Bertz CT molecular complexity index is 671. The molecule has 0 radical (unpaired) electrons. The Morgan fingerprint density at radius 2 is 1.81 bits per heavy atom. The van der Waals surface area contributed by atoms with E-state index in [4.69, 9.17) is 5.11 Å². The van der Waals surface area contributed by atoms with Crippen LogP contribution in [0.5, 0.6) is 0 Å². The topological polar surface area (TPSA) is 83.5 Å². The first-order valence-electron chi connectivity index (χ1n) is 5.41. The molecule has 5 nitrogen and oxygen atoms in total. The molecule has 0 heterocycles. The average molecular weight is 329 g/mol. The van der Waals surface area contributed by atoms with Gasteiger partial charge in [0.1, 0.15) is 5.82 Å². The monoisotopic (exact) mass is 329 g/mol. The van der Waals surface area contributed by atoms with Crippen LogP contribution >= 0.6 is 0 Å². The first-order valence-corrected chi connectivity index (χ1v) is 6.90. The SMILES string of the molecule is Cc1ccc(S(=O)(=O)NC(C)(C(=O)O)C(F)(F)F)cc1F. The van der Waals surface area contributed by atoms with Gasteiger partial charge in [0.25, 0.3) is 0 Å².